The Morgan fingerprint density at radius 2 is 2.12 bits per heavy atom. The van der Waals surface area contributed by atoms with Crippen molar-refractivity contribution in [3.8, 4) is 0 Å². The minimum atomic E-state index is -0.971. The molecule has 0 spiro atoms. The molecule has 1 aromatic carbocycles. The third-order valence-electron chi connectivity index (χ3n) is 2.99. The number of fused-ring (bicyclic) bond motifs is 1. The Hall–Kier alpha value is -1.55. The summed E-state index contributed by atoms with van der Waals surface area (Å²) in [5.41, 5.74) is 1.87. The molecule has 0 aliphatic carbocycles. The minimum Gasteiger partial charge on any atom is -0.480 e. The molecule has 0 radical (unpaired) electrons. The summed E-state index contributed by atoms with van der Waals surface area (Å²) < 4.78 is 0. The van der Waals surface area contributed by atoms with Gasteiger partial charge >= 0.3 is 5.97 Å². The van der Waals surface area contributed by atoms with Crippen molar-refractivity contribution < 1.29 is 14.7 Å². The van der Waals surface area contributed by atoms with Crippen molar-refractivity contribution in [3.05, 3.63) is 34.3 Å². The summed E-state index contributed by atoms with van der Waals surface area (Å²) in [6, 6.07) is 4.57. The van der Waals surface area contributed by atoms with Gasteiger partial charge in [0.2, 0.25) is 5.91 Å². The molecule has 1 aliphatic heterocycles. The summed E-state index contributed by atoms with van der Waals surface area (Å²) in [4.78, 5) is 23.9. The first-order chi connectivity index (χ1) is 7.99. The van der Waals surface area contributed by atoms with Crippen LogP contribution in [0, 0.1) is 0 Å². The van der Waals surface area contributed by atoms with Crippen molar-refractivity contribution in [1.29, 1.82) is 0 Å². The molecular weight excluding hydrogens is 242 g/mol. The van der Waals surface area contributed by atoms with Crippen LogP contribution in [0.25, 0.3) is 0 Å². The van der Waals surface area contributed by atoms with Crippen LogP contribution in [0.3, 0.4) is 0 Å². The van der Waals surface area contributed by atoms with E-state index in [-0.39, 0.29) is 5.91 Å². The van der Waals surface area contributed by atoms with Crippen LogP contribution in [-0.2, 0) is 22.6 Å². The van der Waals surface area contributed by atoms with E-state index in [1.54, 1.807) is 12.1 Å². The van der Waals surface area contributed by atoms with Gasteiger partial charge in [-0.1, -0.05) is 17.7 Å². The molecule has 0 bridgehead atoms. The molecule has 4 nitrogen and oxygen atoms in total. The summed E-state index contributed by atoms with van der Waals surface area (Å²) in [5.74, 6) is -1.20. The van der Waals surface area contributed by atoms with Gasteiger partial charge in [0, 0.05) is 24.9 Å². The maximum absolute atomic E-state index is 11.4. The largest absolute Gasteiger partial charge is 0.480 e. The van der Waals surface area contributed by atoms with Gasteiger partial charge in [0.25, 0.3) is 0 Å². The Kier molecular flexibility index (Phi) is 3.07. The molecule has 0 saturated carbocycles. The van der Waals surface area contributed by atoms with Crippen LogP contribution >= 0.6 is 11.6 Å². The molecule has 1 aromatic rings. The zero-order chi connectivity index (χ0) is 12.6. The van der Waals surface area contributed by atoms with Crippen molar-refractivity contribution in [3.63, 3.8) is 0 Å². The second-order valence-electron chi connectivity index (χ2n) is 4.12. The van der Waals surface area contributed by atoms with E-state index >= 15 is 0 Å². The molecule has 1 N–H and O–H groups in total. The highest BCUT2D eigenvalue weighted by molar-refractivity contribution is 6.30. The smallest absolute Gasteiger partial charge is 0.326 e. The first-order valence-electron chi connectivity index (χ1n) is 5.26. The Morgan fingerprint density at radius 1 is 1.41 bits per heavy atom. The molecule has 0 fully saturated rings. The molecule has 1 heterocycles. The number of halogens is 1. The summed E-state index contributed by atoms with van der Waals surface area (Å²) in [6.45, 7) is 1.69. The second-order valence-corrected chi connectivity index (χ2v) is 4.55. The summed E-state index contributed by atoms with van der Waals surface area (Å²) in [6.07, 6.45) is 0.335. The van der Waals surface area contributed by atoms with Crippen LogP contribution < -0.4 is 0 Å². The van der Waals surface area contributed by atoms with Gasteiger partial charge in [-0.15, -0.1) is 0 Å². The molecule has 0 unspecified atom stereocenters. The number of carboxylic acid groups (broad SMARTS) is 1. The number of carbonyl (C=O) groups is 2. The Labute approximate surface area is 104 Å². The third kappa shape index (κ3) is 2.26. The van der Waals surface area contributed by atoms with Crippen molar-refractivity contribution in [2.75, 3.05) is 0 Å². The van der Waals surface area contributed by atoms with Crippen LogP contribution in [0.1, 0.15) is 18.1 Å². The van der Waals surface area contributed by atoms with Gasteiger partial charge in [0.15, 0.2) is 0 Å². The highest BCUT2D eigenvalue weighted by Crippen LogP contribution is 2.26. The van der Waals surface area contributed by atoms with Crippen molar-refractivity contribution in [2.45, 2.75) is 25.9 Å². The van der Waals surface area contributed by atoms with Gasteiger partial charge in [0.1, 0.15) is 6.04 Å². The number of aliphatic carboxylic acids is 1. The number of amides is 1. The Bertz CT molecular complexity index is 487. The van der Waals surface area contributed by atoms with E-state index in [9.17, 15) is 9.59 Å². The lowest BCUT2D eigenvalue weighted by molar-refractivity contribution is -0.150. The molecule has 1 atom stereocenters. The van der Waals surface area contributed by atoms with Crippen molar-refractivity contribution in [1.82, 2.24) is 4.90 Å². The fraction of sp³-hybridized carbons (Fsp3) is 0.333. The molecule has 5 heteroatoms. The third-order valence-corrected chi connectivity index (χ3v) is 3.22. The van der Waals surface area contributed by atoms with E-state index in [0.717, 1.165) is 11.1 Å². The van der Waals surface area contributed by atoms with Gasteiger partial charge in [0.05, 0.1) is 0 Å². The number of rotatable bonds is 1. The van der Waals surface area contributed by atoms with Gasteiger partial charge in [-0.3, -0.25) is 4.79 Å². The van der Waals surface area contributed by atoms with E-state index in [4.69, 9.17) is 16.7 Å². The predicted octanol–water partition coefficient (Wildman–Crippen LogP) is 1.70. The average Bonchev–Trinajstić information content (AvgIpc) is 2.26. The lowest BCUT2D eigenvalue weighted by atomic mass is 9.94. The number of hydrogen-bond acceptors (Lipinski definition) is 2. The second kappa shape index (κ2) is 4.37. The summed E-state index contributed by atoms with van der Waals surface area (Å²) in [5, 5.41) is 9.72. The normalized spacial score (nSPS) is 18.7. The fourth-order valence-electron chi connectivity index (χ4n) is 2.10. The fourth-order valence-corrected chi connectivity index (χ4v) is 2.30. The van der Waals surface area contributed by atoms with Crippen LogP contribution in [0.2, 0.25) is 5.02 Å². The monoisotopic (exact) mass is 253 g/mol. The van der Waals surface area contributed by atoms with E-state index in [2.05, 4.69) is 0 Å². The molecule has 1 aliphatic rings. The summed E-state index contributed by atoms with van der Waals surface area (Å²) >= 11 is 5.88. The first-order valence-corrected chi connectivity index (χ1v) is 5.64. The minimum absolute atomic E-state index is 0.233. The number of carboxylic acids is 1. The van der Waals surface area contributed by atoms with Crippen molar-refractivity contribution >= 4 is 23.5 Å². The maximum Gasteiger partial charge on any atom is 0.326 e. The van der Waals surface area contributed by atoms with Crippen LogP contribution in [-0.4, -0.2) is 27.9 Å². The SMILES string of the molecule is CC(=O)N1Cc2cc(Cl)ccc2C[C@H]1C(=O)O. The molecular formula is C12H12ClNO3. The molecule has 0 saturated heterocycles. The standard InChI is InChI=1S/C12H12ClNO3/c1-7(15)14-6-9-4-10(13)3-2-8(9)5-11(14)12(16)17/h2-4,11H,5-6H2,1H3,(H,16,17)/t11-/m0/s1. The molecule has 1 amide bonds. The van der Waals surface area contributed by atoms with E-state index in [1.807, 2.05) is 6.07 Å². The van der Waals surface area contributed by atoms with Gasteiger partial charge in [-0.2, -0.15) is 0 Å². The van der Waals surface area contributed by atoms with Gasteiger partial charge in [-0.05, 0) is 23.3 Å². The molecule has 90 valence electrons. The number of hydrogen-bond donors (Lipinski definition) is 1. The highest BCUT2D eigenvalue weighted by atomic mass is 35.5. The summed E-state index contributed by atoms with van der Waals surface area (Å²) in [7, 11) is 0. The lowest BCUT2D eigenvalue weighted by Crippen LogP contribution is -2.47. The molecule has 0 aromatic heterocycles. The Balaban J connectivity index is 2.39. The predicted molar refractivity (Wildman–Crippen MR) is 62.8 cm³/mol. The average molecular weight is 254 g/mol. The maximum atomic E-state index is 11.4. The molecule has 2 rings (SSSR count). The van der Waals surface area contributed by atoms with Crippen LogP contribution in [0.4, 0.5) is 0 Å². The highest BCUT2D eigenvalue weighted by Gasteiger charge is 2.32. The van der Waals surface area contributed by atoms with E-state index < -0.39 is 12.0 Å². The zero-order valence-electron chi connectivity index (χ0n) is 9.31. The lowest BCUT2D eigenvalue weighted by Gasteiger charge is -2.33. The first kappa shape index (κ1) is 11.9. The number of carbonyl (C=O) groups excluding carboxylic acids is 1. The van der Waals surface area contributed by atoms with E-state index in [1.165, 1.54) is 11.8 Å². The molecule has 17 heavy (non-hydrogen) atoms. The number of nitrogens with zero attached hydrogens (tertiary/aromatic N) is 1. The van der Waals surface area contributed by atoms with Crippen LogP contribution in [0.15, 0.2) is 18.2 Å². The zero-order valence-corrected chi connectivity index (χ0v) is 10.1. The Morgan fingerprint density at radius 3 is 2.71 bits per heavy atom. The van der Waals surface area contributed by atoms with Gasteiger partial charge in [-0.25, -0.2) is 4.79 Å². The van der Waals surface area contributed by atoms with Crippen LogP contribution in [0.5, 0.6) is 0 Å². The topological polar surface area (TPSA) is 57.6 Å². The van der Waals surface area contributed by atoms with E-state index in [0.29, 0.717) is 18.0 Å². The quantitative estimate of drug-likeness (QED) is 0.829. The van der Waals surface area contributed by atoms with Crippen molar-refractivity contribution in [2.24, 2.45) is 0 Å². The number of benzene rings is 1. The van der Waals surface area contributed by atoms with Gasteiger partial charge < -0.3 is 10.0 Å².